The highest BCUT2D eigenvalue weighted by atomic mass is 16.7. The number of Topliss-reactive ketones (excluding diaryl/α,β-unsaturated/α-hetero) is 1. The molecule has 4 aliphatic rings. The van der Waals surface area contributed by atoms with Crippen LogP contribution in [0.4, 0.5) is 0 Å². The van der Waals surface area contributed by atoms with Gasteiger partial charge in [-0.25, -0.2) is 0 Å². The van der Waals surface area contributed by atoms with Crippen LogP contribution in [-0.4, -0.2) is 154 Å². The van der Waals surface area contributed by atoms with Gasteiger partial charge in [0.2, 0.25) is 0 Å². The summed E-state index contributed by atoms with van der Waals surface area (Å²) in [5.41, 5.74) is 28.5. The number of hydrogen-bond donors (Lipinski definition) is 12. The number of carbonyl (C=O) groups excluding carboxylic acids is 1. The van der Waals surface area contributed by atoms with Crippen LogP contribution in [-0.2, 0) is 23.7 Å². The molecule has 43 heavy (non-hydrogen) atoms. The Labute approximate surface area is 249 Å². The Kier molecular flexibility index (Phi) is 11.9. The van der Waals surface area contributed by atoms with Gasteiger partial charge in [-0.3, -0.25) is 4.79 Å². The predicted molar refractivity (Wildman–Crippen MR) is 149 cm³/mol. The monoisotopic (exact) mass is 622 g/mol. The topological polar surface area (TPSA) is 318 Å². The summed E-state index contributed by atoms with van der Waals surface area (Å²) in [6.45, 7) is 0.0311. The molecule has 0 bridgehead atoms. The van der Waals surface area contributed by atoms with E-state index in [0.29, 0.717) is 25.9 Å². The van der Waals surface area contributed by atoms with Crippen molar-refractivity contribution in [1.29, 1.82) is 0 Å². The molecule has 2 heterocycles. The van der Waals surface area contributed by atoms with Gasteiger partial charge in [0.15, 0.2) is 18.4 Å². The molecule has 0 spiro atoms. The second-order valence-corrected chi connectivity index (χ2v) is 12.5. The zero-order valence-electron chi connectivity index (χ0n) is 24.1. The van der Waals surface area contributed by atoms with E-state index in [1.54, 1.807) is 0 Å². The van der Waals surface area contributed by atoms with Gasteiger partial charge in [-0.2, -0.15) is 0 Å². The molecule has 2 aliphatic carbocycles. The quantitative estimate of drug-likeness (QED) is 0.0908. The summed E-state index contributed by atoms with van der Waals surface area (Å²) in [7, 11) is 0. The van der Waals surface area contributed by atoms with Gasteiger partial charge < -0.3 is 83.6 Å². The lowest BCUT2D eigenvalue weighted by atomic mass is 9.76. The predicted octanol–water partition coefficient (Wildman–Crippen LogP) is -6.61. The van der Waals surface area contributed by atoms with Crippen molar-refractivity contribution in [2.24, 2.45) is 34.6 Å². The van der Waals surface area contributed by atoms with Crippen LogP contribution >= 0.6 is 0 Å². The number of nitrogens with one attached hydrogen (secondary N) is 1. The van der Waals surface area contributed by atoms with Gasteiger partial charge in [-0.05, 0) is 25.2 Å². The fourth-order valence-corrected chi connectivity index (χ4v) is 6.11. The van der Waals surface area contributed by atoms with E-state index < -0.39 is 103 Å². The number of aliphatic hydroxyl groups is 6. The third-order valence-electron chi connectivity index (χ3n) is 9.08. The van der Waals surface area contributed by atoms with E-state index in [-0.39, 0.29) is 32.0 Å². The minimum absolute atomic E-state index is 0.108. The first kappa shape index (κ1) is 34.9. The smallest absolute Gasteiger partial charge is 0.186 e. The lowest BCUT2D eigenvalue weighted by Gasteiger charge is -2.48. The lowest BCUT2D eigenvalue weighted by molar-refractivity contribution is -0.318. The Hall–Kier alpha value is -0.970. The summed E-state index contributed by atoms with van der Waals surface area (Å²) in [5, 5.41) is 64.9. The average Bonchev–Trinajstić information content (AvgIpc) is 3.61. The highest BCUT2D eigenvalue weighted by Gasteiger charge is 2.58. The van der Waals surface area contributed by atoms with E-state index in [2.05, 4.69) is 5.32 Å². The Balaban J connectivity index is 1.48. The molecule has 17 nitrogen and oxygen atoms in total. The molecule has 2 saturated carbocycles. The van der Waals surface area contributed by atoms with Gasteiger partial charge >= 0.3 is 0 Å². The van der Waals surface area contributed by atoms with Gasteiger partial charge in [-0.15, -0.1) is 0 Å². The highest BCUT2D eigenvalue weighted by Crippen LogP contribution is 2.41. The van der Waals surface area contributed by atoms with Gasteiger partial charge in [0, 0.05) is 44.1 Å². The molecule has 0 aromatic rings. The average molecular weight is 623 g/mol. The molecule has 17 heteroatoms. The first-order valence-electron chi connectivity index (χ1n) is 14.9. The van der Waals surface area contributed by atoms with Crippen LogP contribution in [0.2, 0.25) is 0 Å². The zero-order valence-corrected chi connectivity index (χ0v) is 24.1. The number of hydrogen-bond acceptors (Lipinski definition) is 17. The van der Waals surface area contributed by atoms with Crippen LogP contribution < -0.4 is 34.0 Å². The van der Waals surface area contributed by atoms with Crippen LogP contribution in [0.3, 0.4) is 0 Å². The fraction of sp³-hybridized carbons (Fsp3) is 0.962. The summed E-state index contributed by atoms with van der Waals surface area (Å²) in [5.74, 6) is -1.29. The van der Waals surface area contributed by atoms with E-state index in [0.717, 1.165) is 0 Å². The molecule has 4 rings (SSSR count). The molecule has 4 fully saturated rings. The summed E-state index contributed by atoms with van der Waals surface area (Å²) in [6, 6.07) is -3.69. The number of nitrogens with two attached hydrogens (primary N) is 5. The van der Waals surface area contributed by atoms with E-state index in [1.165, 1.54) is 0 Å². The van der Waals surface area contributed by atoms with E-state index in [4.69, 9.17) is 52.7 Å². The largest absolute Gasteiger partial charge is 0.395 e. The van der Waals surface area contributed by atoms with Gasteiger partial charge in [0.05, 0.1) is 37.5 Å². The minimum Gasteiger partial charge on any atom is -0.395 e. The molecule has 2 aliphatic heterocycles. The number of carbonyl (C=O) groups is 1. The summed E-state index contributed by atoms with van der Waals surface area (Å²) < 4.78 is 23.9. The molecular weight excluding hydrogens is 572 g/mol. The van der Waals surface area contributed by atoms with E-state index >= 15 is 0 Å². The SMILES string of the molecule is NC(CO)CNC[C@@H]1CC[C@@H](N)[C@@H](OC2[C@@H](N)C[C@@H](CC(=O)C3(O)CC3N)[C@H](O[C@H]3O[C@H](CO)[C@@H](O)[C@H](N)[C@H]3O)[C@H]2O)O1. The summed E-state index contributed by atoms with van der Waals surface area (Å²) >= 11 is 0. The molecule has 2 saturated heterocycles. The van der Waals surface area contributed by atoms with Crippen LogP contribution in [0.25, 0.3) is 0 Å². The highest BCUT2D eigenvalue weighted by molar-refractivity contribution is 5.91. The van der Waals surface area contributed by atoms with Crippen LogP contribution in [0.1, 0.15) is 32.1 Å². The summed E-state index contributed by atoms with van der Waals surface area (Å²) in [6.07, 6.45) is -9.42. The van der Waals surface area contributed by atoms with Crippen molar-refractivity contribution in [3.05, 3.63) is 0 Å². The molecule has 0 radical (unpaired) electrons. The standard InChI is InChI=1S/C26H50N6O11/c27-11(8-33)6-32-7-12-1-2-13(28)24(40-12)43-23-14(29)3-10(4-17(35)26(39)5-16(26)30)22(21(23)38)42-25-20(37)18(31)19(36)15(9-34)41-25/h10-16,18-25,32-34,36-39H,1-9,27-31H2/t10-,11?,12-,13+,14-,15+,16?,18-,19+,20+,21+,22-,23?,24+,25+,26?/m0/s1. The number of rotatable bonds is 13. The number of aliphatic hydroxyl groups excluding tert-OH is 5. The first-order valence-corrected chi connectivity index (χ1v) is 14.9. The third kappa shape index (κ3) is 7.89. The Morgan fingerprint density at radius 2 is 1.63 bits per heavy atom. The van der Waals surface area contributed by atoms with Crippen molar-refractivity contribution in [3.63, 3.8) is 0 Å². The fourth-order valence-electron chi connectivity index (χ4n) is 6.11. The lowest BCUT2D eigenvalue weighted by Crippen LogP contribution is -2.66. The van der Waals surface area contributed by atoms with Crippen LogP contribution in [0, 0.1) is 5.92 Å². The number of ketones is 1. The van der Waals surface area contributed by atoms with Crippen molar-refractivity contribution >= 4 is 5.78 Å². The maximum atomic E-state index is 13.0. The maximum absolute atomic E-state index is 13.0. The molecule has 0 amide bonds. The second-order valence-electron chi connectivity index (χ2n) is 12.5. The number of ether oxygens (including phenoxy) is 4. The third-order valence-corrected chi connectivity index (χ3v) is 9.08. The van der Waals surface area contributed by atoms with Crippen molar-refractivity contribution in [3.8, 4) is 0 Å². The normalized spacial score (nSPS) is 47.7. The van der Waals surface area contributed by atoms with Crippen LogP contribution in [0.5, 0.6) is 0 Å². The zero-order chi connectivity index (χ0) is 31.6. The molecule has 16 atom stereocenters. The first-order chi connectivity index (χ1) is 20.3. The minimum atomic E-state index is -1.67. The second kappa shape index (κ2) is 14.6. The molecule has 4 unspecified atom stereocenters. The van der Waals surface area contributed by atoms with Gasteiger partial charge in [-0.1, -0.05) is 0 Å². The summed E-state index contributed by atoms with van der Waals surface area (Å²) in [4.78, 5) is 13.0. The van der Waals surface area contributed by atoms with Crippen LogP contribution in [0.15, 0.2) is 0 Å². The van der Waals surface area contributed by atoms with Crippen molar-refractivity contribution in [2.45, 2.75) is 123 Å². The van der Waals surface area contributed by atoms with Gasteiger partial charge in [0.1, 0.15) is 36.1 Å². The van der Waals surface area contributed by atoms with E-state index in [1.807, 2.05) is 0 Å². The van der Waals surface area contributed by atoms with Crippen molar-refractivity contribution in [1.82, 2.24) is 5.32 Å². The molecule has 0 aromatic heterocycles. The van der Waals surface area contributed by atoms with Gasteiger partial charge in [0.25, 0.3) is 0 Å². The molecule has 0 aromatic carbocycles. The van der Waals surface area contributed by atoms with E-state index in [9.17, 15) is 30.3 Å². The Morgan fingerprint density at radius 3 is 2.26 bits per heavy atom. The van der Waals surface area contributed by atoms with Crippen molar-refractivity contribution in [2.75, 3.05) is 26.3 Å². The maximum Gasteiger partial charge on any atom is 0.186 e. The molecule has 17 N–H and O–H groups in total. The Bertz CT molecular complexity index is 925. The molecular formula is C26H50N6O11. The van der Waals surface area contributed by atoms with Crippen molar-refractivity contribution < 1.29 is 54.4 Å². The molecule has 250 valence electrons. The Morgan fingerprint density at radius 1 is 0.953 bits per heavy atom.